The van der Waals surface area contributed by atoms with Crippen LogP contribution in [0.15, 0.2) is 0 Å². The minimum Gasteiger partial charge on any atom is -0.315 e. The topological polar surface area (TPSA) is 58.2 Å². The van der Waals surface area contributed by atoms with E-state index in [1.807, 2.05) is 0 Å². The molecule has 12 heavy (non-hydrogen) atoms. The molecule has 1 aliphatic rings. The van der Waals surface area contributed by atoms with Gasteiger partial charge in [-0.25, -0.2) is 13.1 Å². The first-order chi connectivity index (χ1) is 5.08. The van der Waals surface area contributed by atoms with Gasteiger partial charge in [0, 0.05) is 12.6 Å². The summed E-state index contributed by atoms with van der Waals surface area (Å²) in [7, 11) is -3.01. The number of piperidine rings is 1. The minimum atomic E-state index is -3.01. The number of sulfonamides is 1. The monoisotopic (exact) mass is 214 g/mol. The Morgan fingerprint density at radius 3 is 2.58 bits per heavy atom. The fourth-order valence-corrected chi connectivity index (χ4v) is 2.06. The summed E-state index contributed by atoms with van der Waals surface area (Å²) in [6, 6.07) is 0.0961. The van der Waals surface area contributed by atoms with E-state index in [1.54, 1.807) is 0 Å². The highest BCUT2D eigenvalue weighted by atomic mass is 35.5. The molecule has 0 aromatic heterocycles. The highest BCUT2D eigenvalue weighted by Gasteiger charge is 2.15. The molecule has 0 aliphatic carbocycles. The van der Waals surface area contributed by atoms with Gasteiger partial charge in [0.25, 0.3) is 0 Å². The SMILES string of the molecule is CS(=O)(=O)N[C@@H]1CCCNC1.Cl. The molecule has 4 nitrogen and oxygen atoms in total. The Kier molecular flexibility index (Phi) is 5.08. The van der Waals surface area contributed by atoms with Gasteiger partial charge in [-0.15, -0.1) is 12.4 Å². The molecule has 0 unspecified atom stereocenters. The Morgan fingerprint density at radius 1 is 1.50 bits per heavy atom. The molecule has 1 fully saturated rings. The number of hydrogen-bond acceptors (Lipinski definition) is 3. The van der Waals surface area contributed by atoms with Crippen LogP contribution >= 0.6 is 12.4 Å². The van der Waals surface area contributed by atoms with Crippen molar-refractivity contribution in [1.82, 2.24) is 10.0 Å². The standard InChI is InChI=1S/C6H14N2O2S.ClH/c1-11(9,10)8-6-3-2-4-7-5-6;/h6-8H,2-5H2,1H3;1H/t6-;/m1./s1. The molecule has 0 saturated carbocycles. The van der Waals surface area contributed by atoms with Crippen molar-refractivity contribution in [3.63, 3.8) is 0 Å². The number of halogens is 1. The highest BCUT2D eigenvalue weighted by Crippen LogP contribution is 2.01. The molecule has 2 N–H and O–H groups in total. The number of rotatable bonds is 2. The van der Waals surface area contributed by atoms with Crippen molar-refractivity contribution in [2.45, 2.75) is 18.9 Å². The third-order valence-corrected chi connectivity index (χ3v) is 2.44. The molecule has 6 heteroatoms. The molecule has 1 saturated heterocycles. The minimum absolute atomic E-state index is 0. The molecule has 0 spiro atoms. The Balaban J connectivity index is 0.00000121. The third kappa shape index (κ3) is 4.92. The van der Waals surface area contributed by atoms with Crippen molar-refractivity contribution >= 4 is 22.4 Å². The number of nitrogens with one attached hydrogen (secondary N) is 2. The molecule has 0 amide bonds. The lowest BCUT2D eigenvalue weighted by atomic mass is 10.1. The summed E-state index contributed by atoms with van der Waals surface area (Å²) >= 11 is 0. The Morgan fingerprint density at radius 2 is 2.17 bits per heavy atom. The van der Waals surface area contributed by atoms with E-state index in [0.717, 1.165) is 25.9 Å². The fourth-order valence-electron chi connectivity index (χ4n) is 1.26. The van der Waals surface area contributed by atoms with Gasteiger partial charge < -0.3 is 5.32 Å². The lowest BCUT2D eigenvalue weighted by Gasteiger charge is -2.22. The molecule has 1 aliphatic heterocycles. The molecular weight excluding hydrogens is 200 g/mol. The van der Waals surface area contributed by atoms with Crippen molar-refractivity contribution in [2.75, 3.05) is 19.3 Å². The molecule has 0 bridgehead atoms. The average molecular weight is 215 g/mol. The van der Waals surface area contributed by atoms with Crippen LogP contribution in [0, 0.1) is 0 Å². The van der Waals surface area contributed by atoms with Crippen LogP contribution in [0.25, 0.3) is 0 Å². The summed E-state index contributed by atoms with van der Waals surface area (Å²) in [5.74, 6) is 0. The smallest absolute Gasteiger partial charge is 0.208 e. The van der Waals surface area contributed by atoms with E-state index >= 15 is 0 Å². The fraction of sp³-hybridized carbons (Fsp3) is 1.00. The van der Waals surface area contributed by atoms with Gasteiger partial charge in [0.05, 0.1) is 6.26 Å². The van der Waals surface area contributed by atoms with Gasteiger partial charge in [-0.2, -0.15) is 0 Å². The van der Waals surface area contributed by atoms with Crippen LogP contribution < -0.4 is 10.0 Å². The van der Waals surface area contributed by atoms with E-state index in [4.69, 9.17) is 0 Å². The van der Waals surface area contributed by atoms with Crippen LogP contribution in [0.4, 0.5) is 0 Å². The van der Waals surface area contributed by atoms with E-state index in [0.29, 0.717) is 0 Å². The van der Waals surface area contributed by atoms with Crippen molar-refractivity contribution in [2.24, 2.45) is 0 Å². The summed E-state index contributed by atoms with van der Waals surface area (Å²) in [6.07, 6.45) is 3.19. The van der Waals surface area contributed by atoms with E-state index in [-0.39, 0.29) is 18.4 Å². The van der Waals surface area contributed by atoms with Gasteiger partial charge in [-0.05, 0) is 19.4 Å². The molecule has 0 aromatic rings. The van der Waals surface area contributed by atoms with Crippen molar-refractivity contribution in [1.29, 1.82) is 0 Å². The lowest BCUT2D eigenvalue weighted by Crippen LogP contribution is -2.45. The summed E-state index contributed by atoms with van der Waals surface area (Å²) in [6.45, 7) is 1.76. The van der Waals surface area contributed by atoms with Crippen LogP contribution in [0.5, 0.6) is 0 Å². The van der Waals surface area contributed by atoms with Gasteiger partial charge in [0.2, 0.25) is 10.0 Å². The molecule has 74 valence electrons. The maximum atomic E-state index is 10.8. The summed E-state index contributed by atoms with van der Waals surface area (Å²) in [5.41, 5.74) is 0. The van der Waals surface area contributed by atoms with E-state index in [1.165, 1.54) is 6.26 Å². The second kappa shape index (κ2) is 5.01. The predicted molar refractivity (Wildman–Crippen MR) is 51.1 cm³/mol. The van der Waals surface area contributed by atoms with E-state index in [9.17, 15) is 8.42 Å². The zero-order valence-corrected chi connectivity index (χ0v) is 8.67. The molecule has 1 atom stereocenters. The predicted octanol–water partition coefficient (Wildman–Crippen LogP) is -0.291. The van der Waals surface area contributed by atoms with Gasteiger partial charge in [-0.3, -0.25) is 0 Å². The maximum absolute atomic E-state index is 10.8. The molecular formula is C6H15ClN2O2S. The van der Waals surface area contributed by atoms with Crippen molar-refractivity contribution < 1.29 is 8.42 Å². The van der Waals surface area contributed by atoms with E-state index < -0.39 is 10.0 Å². The van der Waals surface area contributed by atoms with Crippen LogP contribution in [-0.2, 0) is 10.0 Å². The quantitative estimate of drug-likeness (QED) is 0.664. The van der Waals surface area contributed by atoms with Crippen LogP contribution in [0.2, 0.25) is 0 Å². The van der Waals surface area contributed by atoms with Gasteiger partial charge >= 0.3 is 0 Å². The van der Waals surface area contributed by atoms with Gasteiger partial charge in [0.1, 0.15) is 0 Å². The van der Waals surface area contributed by atoms with E-state index in [2.05, 4.69) is 10.0 Å². The van der Waals surface area contributed by atoms with Crippen LogP contribution in [0.3, 0.4) is 0 Å². The second-order valence-corrected chi connectivity index (χ2v) is 4.71. The summed E-state index contributed by atoms with van der Waals surface area (Å²) in [4.78, 5) is 0. The van der Waals surface area contributed by atoms with Gasteiger partial charge in [0.15, 0.2) is 0 Å². The lowest BCUT2D eigenvalue weighted by molar-refractivity contribution is 0.430. The first-order valence-corrected chi connectivity index (χ1v) is 5.65. The average Bonchev–Trinajstić information content (AvgIpc) is 1.85. The largest absolute Gasteiger partial charge is 0.315 e. The van der Waals surface area contributed by atoms with Crippen LogP contribution in [-0.4, -0.2) is 33.8 Å². The van der Waals surface area contributed by atoms with Crippen molar-refractivity contribution in [3.8, 4) is 0 Å². The van der Waals surface area contributed by atoms with Crippen molar-refractivity contribution in [3.05, 3.63) is 0 Å². The third-order valence-electron chi connectivity index (χ3n) is 1.68. The molecule has 0 radical (unpaired) electrons. The summed E-state index contributed by atoms with van der Waals surface area (Å²) in [5, 5.41) is 3.13. The zero-order chi connectivity index (χ0) is 8.32. The molecule has 1 heterocycles. The Bertz CT molecular complexity index is 212. The Labute approximate surface area is 79.6 Å². The summed E-state index contributed by atoms with van der Waals surface area (Å²) < 4.78 is 24.1. The first-order valence-electron chi connectivity index (χ1n) is 3.76. The molecule has 0 aromatic carbocycles. The van der Waals surface area contributed by atoms with Crippen LogP contribution in [0.1, 0.15) is 12.8 Å². The second-order valence-electron chi connectivity index (χ2n) is 2.93. The van der Waals surface area contributed by atoms with Gasteiger partial charge in [-0.1, -0.05) is 0 Å². The maximum Gasteiger partial charge on any atom is 0.208 e. The zero-order valence-electron chi connectivity index (χ0n) is 7.04. The highest BCUT2D eigenvalue weighted by molar-refractivity contribution is 7.88. The number of hydrogen-bond donors (Lipinski definition) is 2. The molecule has 1 rings (SSSR count). The first kappa shape index (κ1) is 12.2. The Hall–Kier alpha value is 0.160. The normalized spacial score (nSPS) is 24.6.